The molecule has 1 unspecified atom stereocenters. The van der Waals surface area contributed by atoms with E-state index in [9.17, 15) is 80.1 Å². The van der Waals surface area contributed by atoms with Crippen molar-refractivity contribution < 1.29 is 123 Å². The summed E-state index contributed by atoms with van der Waals surface area (Å²) >= 11 is 18.5. The fraction of sp³-hybridized carbons (Fsp3) is 0.373. The van der Waals surface area contributed by atoms with Gasteiger partial charge in [0.2, 0.25) is 53.4 Å². The molecule has 22 N–H and O–H groups in total. The highest BCUT2D eigenvalue weighted by molar-refractivity contribution is 14.1. The topological polar surface area (TPSA) is 564 Å². The average Bonchev–Trinajstić information content (AvgIpc) is 0.764. The van der Waals surface area contributed by atoms with Gasteiger partial charge in [0.15, 0.2) is 35.7 Å². The number of aromatic nitrogens is 1. The molecule has 7 aromatic rings. The zero-order chi connectivity index (χ0) is 83.0. The number of hydrogen-bond donors (Lipinski definition) is 20. The van der Waals surface area contributed by atoms with Gasteiger partial charge in [0.05, 0.1) is 44.9 Å². The van der Waals surface area contributed by atoms with Crippen LogP contribution in [0.2, 0.25) is 10.0 Å². The van der Waals surface area contributed by atoms with Crippen LogP contribution in [0.3, 0.4) is 0 Å². The number of carbonyl (C=O) groups is 8. The van der Waals surface area contributed by atoms with Gasteiger partial charge in [0.1, 0.15) is 95.0 Å². The summed E-state index contributed by atoms with van der Waals surface area (Å²) in [6.07, 6.45) is -16.9. The Hall–Kier alpha value is -9.31. The number of ether oxygens (including phenoxy) is 6. The molecule has 0 spiro atoms. The van der Waals surface area contributed by atoms with E-state index in [4.69, 9.17) is 63.1 Å². The van der Waals surface area contributed by atoms with Crippen molar-refractivity contribution in [3.63, 3.8) is 0 Å². The Bertz CT molecular complexity index is 4920. The van der Waals surface area contributed by atoms with Gasteiger partial charge in [-0.05, 0) is 167 Å². The molecule has 2 saturated heterocycles. The number of primary amides is 1. The molecule has 11 bridgehead atoms. The number of phenols is 4. The van der Waals surface area contributed by atoms with E-state index < -0.39 is 237 Å². The molecule has 14 rings (SSSR count). The van der Waals surface area contributed by atoms with Crippen LogP contribution in [0.4, 0.5) is 0 Å². The van der Waals surface area contributed by atoms with E-state index in [1.165, 1.54) is 33.0 Å². The number of carbonyl (C=O) groups excluding carboxylic acids is 7. The number of nitrogens with two attached hydrogens (primary N) is 2. The molecule has 7 aliphatic heterocycles. The fourth-order valence-corrected chi connectivity index (χ4v) is 16.0. The molecule has 1 aromatic heterocycles. The Morgan fingerprint density at radius 3 is 1.95 bits per heavy atom. The lowest BCUT2D eigenvalue weighted by Crippen LogP contribution is -2.64. The van der Waals surface area contributed by atoms with Gasteiger partial charge >= 0.3 is 5.97 Å². The normalized spacial score (nSPS) is 27.3. The smallest absolute Gasteiger partial charge is 0.330 e. The second kappa shape index (κ2) is 35.4. The van der Waals surface area contributed by atoms with E-state index >= 15 is 14.4 Å². The van der Waals surface area contributed by atoms with Crippen molar-refractivity contribution in [2.45, 2.75) is 156 Å². The number of aliphatic carboxylic acids is 1. The van der Waals surface area contributed by atoms with Crippen LogP contribution in [0.5, 0.6) is 51.7 Å². The lowest BCUT2D eigenvalue weighted by molar-refractivity contribution is -0.333. The third-order valence-corrected chi connectivity index (χ3v) is 21.8. The van der Waals surface area contributed by atoms with Gasteiger partial charge in [0.25, 0.3) is 0 Å². The number of phenolic OH excluding ortho intramolecular Hbond substituents is 4. The van der Waals surface area contributed by atoms with E-state index in [1.54, 1.807) is 6.20 Å². The molecule has 7 amide bonds. The summed E-state index contributed by atoms with van der Waals surface area (Å²) in [5, 5.41) is 141. The minimum absolute atomic E-state index is 0.0975. The van der Waals surface area contributed by atoms with Crippen molar-refractivity contribution in [1.82, 2.24) is 42.2 Å². The molecule has 39 heteroatoms. The number of carboxylic acids is 1. The number of benzene rings is 6. The van der Waals surface area contributed by atoms with Crippen LogP contribution in [-0.4, -0.2) is 201 Å². The quantitative estimate of drug-likeness (QED) is 0.0737. The molecule has 2 fully saturated rings. The maximum atomic E-state index is 16.0. The third-order valence-electron chi connectivity index (χ3n) is 19.5. The van der Waals surface area contributed by atoms with E-state index in [0.717, 1.165) is 79.3 Å². The monoisotopic (exact) mass is 1840 g/mol. The van der Waals surface area contributed by atoms with Crippen LogP contribution < -0.4 is 62.9 Å². The van der Waals surface area contributed by atoms with Crippen LogP contribution in [0, 0.1) is 13.1 Å². The number of pyridine rings is 1. The van der Waals surface area contributed by atoms with Gasteiger partial charge in [-0.1, -0.05) is 61.3 Å². The summed E-state index contributed by atoms with van der Waals surface area (Å²) in [5.41, 5.74) is 8.68. The molecular formula is C75H80Cl2I2N10O25. The van der Waals surface area contributed by atoms with Crippen LogP contribution in [0.1, 0.15) is 105 Å². The number of nitrogens with zero attached hydrogens (tertiary/aromatic N) is 1. The number of aromatic hydroxyl groups is 4. The van der Waals surface area contributed by atoms with Crippen LogP contribution in [0.25, 0.3) is 22.0 Å². The number of aliphatic hydroxyl groups excluding tert-OH is 6. The summed E-state index contributed by atoms with van der Waals surface area (Å²) < 4.78 is 40.3. The highest BCUT2D eigenvalue weighted by Crippen LogP contribution is 2.50. The van der Waals surface area contributed by atoms with Crippen molar-refractivity contribution in [3.05, 3.63) is 148 Å². The van der Waals surface area contributed by atoms with E-state index in [0.29, 0.717) is 5.52 Å². The average molecular weight is 1850 g/mol. The fourth-order valence-electron chi connectivity index (χ4n) is 13.7. The van der Waals surface area contributed by atoms with Gasteiger partial charge < -0.3 is 133 Å². The summed E-state index contributed by atoms with van der Waals surface area (Å²) in [6.45, 7) is 5.66. The highest BCUT2D eigenvalue weighted by atomic mass is 127. The number of amides is 7. The second-order valence-electron chi connectivity index (χ2n) is 28.3. The first-order valence-corrected chi connectivity index (χ1v) is 38.2. The number of halogens is 4. The van der Waals surface area contributed by atoms with E-state index in [2.05, 4.69) is 87.4 Å². The maximum Gasteiger partial charge on any atom is 0.330 e. The Balaban J connectivity index is 0.000000889. The molecule has 7 aliphatic rings. The lowest BCUT2D eigenvalue weighted by Gasteiger charge is -2.47. The molecule has 6 aromatic carbocycles. The Morgan fingerprint density at radius 2 is 1.34 bits per heavy atom. The zero-order valence-corrected chi connectivity index (χ0v) is 66.6. The Kier molecular flexibility index (Phi) is 26.6. The van der Waals surface area contributed by atoms with Crippen molar-refractivity contribution in [1.29, 1.82) is 0 Å². The molecule has 18 atom stereocenters. The molecular weight excluding hydrogens is 1770 g/mol. The number of rotatable bonds is 13. The maximum absolute atomic E-state index is 16.0. The van der Waals surface area contributed by atoms with Crippen molar-refractivity contribution in [3.8, 4) is 62.9 Å². The minimum atomic E-state index is -2.35. The molecule has 0 radical (unpaired) electrons. The van der Waals surface area contributed by atoms with Gasteiger partial charge in [0, 0.05) is 49.9 Å². The van der Waals surface area contributed by atoms with Crippen LogP contribution in [-0.2, 0) is 52.6 Å². The van der Waals surface area contributed by atoms with Gasteiger partial charge in [-0.15, -0.1) is 0 Å². The first-order chi connectivity index (χ1) is 53.9. The molecule has 35 nitrogen and oxygen atoms in total. The Morgan fingerprint density at radius 1 is 0.719 bits per heavy atom. The Labute approximate surface area is 685 Å². The molecule has 608 valence electrons. The van der Waals surface area contributed by atoms with E-state index in [-0.39, 0.29) is 52.0 Å². The van der Waals surface area contributed by atoms with Crippen molar-refractivity contribution >= 4 is 127 Å². The lowest BCUT2D eigenvalue weighted by atomic mass is 9.86. The largest absolute Gasteiger partial charge is 0.508 e. The van der Waals surface area contributed by atoms with Crippen LogP contribution in [0.15, 0.2) is 103 Å². The molecule has 114 heavy (non-hydrogen) atoms. The van der Waals surface area contributed by atoms with Gasteiger partial charge in [-0.25, -0.2) is 4.79 Å². The third kappa shape index (κ3) is 18.5. The standard InChI is InChI=1S/C66H75Cl2N9O24.C9H5I2NO/c1-23(2)12-34(71-5)58(88)76-49-51(83)26-7-10-38(32(67)14-26)97-40-16-28-17-41(55(40)101-65-56(54(86)53(85)42(22-78)99-65)100-44-21-66(4,70)57(87)24(3)96-44)98-39-11-8-27(15-33(39)68)52(84)50-63(93)75-48(64(94)95)31-18-29(79)19-37(81)45(31)30-13-25(6-9-36(30)80)46(60(90)77-50)74-61(91)47(28)73-59(89)35(20-43(69)82)72-62(49)92;10-6-4-7(11)9(13)8-5(6)2-1-3-12-8/h6-11,13-19,23-24,34-35,42,44,46-54,56-57,65,71,78-81,83-87H,12,20-22,70H2,1-5H3,(H2,69,82)(H,72,92)(H,73,89)(H,74,91)(H,75,93)(H,76,88)(H,77,90)(H,94,95);1-4,13H/t24-,34+,35-,42+,44-,46+,47+,48+,49+,50-,51+,52+,53+,54-,56+,57?,65-,66-;/m0./s1. The number of aliphatic hydroxyl groups is 6. The summed E-state index contributed by atoms with van der Waals surface area (Å²) in [6, 6.07) is 5.10. The van der Waals surface area contributed by atoms with Crippen LogP contribution >= 0.6 is 68.4 Å². The van der Waals surface area contributed by atoms with Crippen molar-refractivity contribution in [2.24, 2.45) is 17.4 Å². The number of likely N-dealkylation sites (N-methyl/N-ethyl adjacent to an activating group) is 1. The van der Waals surface area contributed by atoms with Crippen molar-refractivity contribution in [2.75, 3.05) is 13.7 Å². The summed E-state index contributed by atoms with van der Waals surface area (Å²) in [5.74, 6) is -15.7. The molecule has 0 saturated carbocycles. The second-order valence-corrected chi connectivity index (χ2v) is 31.4. The number of nitrogens with one attached hydrogen (secondary N) is 7. The molecule has 8 heterocycles. The van der Waals surface area contributed by atoms with Gasteiger partial charge in [-0.2, -0.15) is 0 Å². The summed E-state index contributed by atoms with van der Waals surface area (Å²) in [7, 11) is 1.47. The number of fused-ring (bicyclic) bond motifs is 16. The summed E-state index contributed by atoms with van der Waals surface area (Å²) in [4.78, 5) is 121. The first kappa shape index (κ1) is 85.6. The predicted molar refractivity (Wildman–Crippen MR) is 418 cm³/mol. The molecule has 0 aliphatic carbocycles. The minimum Gasteiger partial charge on any atom is -0.508 e. The zero-order valence-electron chi connectivity index (χ0n) is 60.8. The van der Waals surface area contributed by atoms with E-state index in [1.807, 2.05) is 32.0 Å². The predicted octanol–water partition coefficient (Wildman–Crippen LogP) is 3.26. The first-order valence-electron chi connectivity index (χ1n) is 35.2. The number of carboxylic acid groups (broad SMARTS) is 1. The van der Waals surface area contributed by atoms with Gasteiger partial charge in [-0.3, -0.25) is 38.5 Å². The SMILES string of the molecule is CN[C@H](CC(C)C)C(=O)N[C@H]1C(=O)N[C@@H](CC(N)=O)C(=O)N[C@H]2C(=O)N[C@H]3C(=O)N[C@H](C(=O)N[C@@H](C(=O)O)c4cc(O)cc(O)c4-c4cc3ccc4O)[C@H](O)c3ccc(c(Cl)c3)Oc3cc2cc(c3O[C@@H]2O[C@H](CO)[C@@H](O)[C@H](O)[C@H]2O[C@H]2C[C@](C)(N)C(O)[C@H](C)O2)Oc2ccc(cc2Cl)[C@H]1O.Oc1c(I)cc(I)c2cccnc12. The highest BCUT2D eigenvalue weighted by Gasteiger charge is 2.52. The number of hydrogen-bond acceptors (Lipinski definition) is 27.